The highest BCUT2D eigenvalue weighted by atomic mass is 16.7. The molecule has 7 heteroatoms. The Labute approximate surface area is 296 Å². The third-order valence-electron chi connectivity index (χ3n) is 15.6. The van der Waals surface area contributed by atoms with Gasteiger partial charge in [-0.3, -0.25) is 4.90 Å². The lowest BCUT2D eigenvalue weighted by Crippen LogP contribution is -2.56. The molecule has 7 aliphatic rings. The summed E-state index contributed by atoms with van der Waals surface area (Å²) in [6.45, 7) is 17.7. The number of fused-ring (bicyclic) bond motifs is 4. The van der Waals surface area contributed by atoms with E-state index >= 15 is 0 Å². The van der Waals surface area contributed by atoms with Crippen LogP contribution in [0.4, 0.5) is 0 Å². The van der Waals surface area contributed by atoms with Crippen molar-refractivity contribution >= 4 is 0 Å². The van der Waals surface area contributed by atoms with Gasteiger partial charge >= 0.3 is 0 Å². The van der Waals surface area contributed by atoms with Crippen molar-refractivity contribution in [2.24, 2.45) is 45.3 Å². The van der Waals surface area contributed by atoms with Gasteiger partial charge in [-0.2, -0.15) is 0 Å². The second-order valence-electron chi connectivity index (χ2n) is 18.5. The van der Waals surface area contributed by atoms with E-state index in [-0.39, 0.29) is 30.0 Å². The van der Waals surface area contributed by atoms with Crippen molar-refractivity contribution in [1.29, 1.82) is 0 Å². The van der Waals surface area contributed by atoms with Crippen LogP contribution in [0.15, 0.2) is 30.3 Å². The van der Waals surface area contributed by atoms with Crippen molar-refractivity contribution in [2.45, 2.75) is 149 Å². The zero-order chi connectivity index (χ0) is 34.8. The molecule has 276 valence electrons. The van der Waals surface area contributed by atoms with Gasteiger partial charge < -0.3 is 29.2 Å². The van der Waals surface area contributed by atoms with Crippen molar-refractivity contribution < 1.29 is 29.2 Å². The second-order valence-corrected chi connectivity index (χ2v) is 18.5. The number of hydrogen-bond acceptors (Lipinski definition) is 7. The average molecular weight is 682 g/mol. The van der Waals surface area contributed by atoms with Crippen LogP contribution in [0.3, 0.4) is 0 Å². The van der Waals surface area contributed by atoms with Crippen molar-refractivity contribution in [3.8, 4) is 0 Å². The van der Waals surface area contributed by atoms with Gasteiger partial charge in [0.15, 0.2) is 6.29 Å². The standard InChI is InChI=1S/C41H63NO5.CH4O/c1-7-44-36(38(4,5)43)31-15-13-29-32(46-31)23-30-28-14-16-33-37(2,3)34(17-18-41(33)26-40(28,41)20-19-39(29,30)6)47-35-25-42(21-22-45-35)24-27-11-9-8-10-12-27;1-2/h8-12,28-36,43H,7,13-26H2,1-6H3;2H,1H3/t28?,29-,30?,31?,32?,33?,34-,35?,36-,39?,40-,41?;/m0./s1. The molecule has 8 unspecified atom stereocenters. The van der Waals surface area contributed by atoms with Gasteiger partial charge in [-0.1, -0.05) is 51.1 Å². The fourth-order valence-electron chi connectivity index (χ4n) is 13.6. The van der Waals surface area contributed by atoms with Crippen LogP contribution in [0, 0.1) is 45.3 Å². The molecule has 7 nitrogen and oxygen atoms in total. The highest BCUT2D eigenvalue weighted by Crippen LogP contribution is 2.87. The molecule has 49 heavy (non-hydrogen) atoms. The molecule has 0 aromatic heterocycles. The van der Waals surface area contributed by atoms with E-state index in [0.29, 0.717) is 34.9 Å². The Morgan fingerprint density at radius 1 is 0.939 bits per heavy atom. The maximum Gasteiger partial charge on any atom is 0.170 e. The Balaban J connectivity index is 0.00000186. The molecule has 8 rings (SSSR count). The highest BCUT2D eigenvalue weighted by molar-refractivity contribution is 5.29. The molecule has 2 spiro atoms. The molecule has 5 aliphatic carbocycles. The zero-order valence-corrected chi connectivity index (χ0v) is 31.7. The van der Waals surface area contributed by atoms with Gasteiger partial charge in [-0.05, 0) is 136 Å². The zero-order valence-electron chi connectivity index (χ0n) is 31.7. The lowest BCUT2D eigenvalue weighted by molar-refractivity contribution is -0.246. The molecule has 2 aliphatic heterocycles. The minimum absolute atomic E-state index is 0.00782. The molecule has 0 amide bonds. The summed E-state index contributed by atoms with van der Waals surface area (Å²) >= 11 is 0. The first-order valence-corrected chi connectivity index (χ1v) is 19.9. The van der Waals surface area contributed by atoms with Crippen LogP contribution in [-0.4, -0.2) is 84.8 Å². The van der Waals surface area contributed by atoms with Crippen LogP contribution in [-0.2, 0) is 25.5 Å². The number of rotatable bonds is 8. The second kappa shape index (κ2) is 13.4. The van der Waals surface area contributed by atoms with Gasteiger partial charge in [-0.25, -0.2) is 0 Å². The maximum absolute atomic E-state index is 11.0. The van der Waals surface area contributed by atoms with Gasteiger partial charge in [0.1, 0.15) is 6.10 Å². The predicted octanol–water partition coefficient (Wildman–Crippen LogP) is 7.22. The molecular formula is C42H67NO6. The quantitative estimate of drug-likeness (QED) is 0.300. The highest BCUT2D eigenvalue weighted by Gasteiger charge is 2.80. The predicted molar refractivity (Wildman–Crippen MR) is 192 cm³/mol. The van der Waals surface area contributed by atoms with Crippen LogP contribution in [0.2, 0.25) is 0 Å². The van der Waals surface area contributed by atoms with E-state index in [0.717, 1.165) is 57.5 Å². The number of morpholine rings is 1. The summed E-state index contributed by atoms with van der Waals surface area (Å²) in [4.78, 5) is 2.51. The maximum atomic E-state index is 11.0. The molecule has 7 fully saturated rings. The van der Waals surface area contributed by atoms with Gasteiger partial charge in [0.05, 0.1) is 30.5 Å². The van der Waals surface area contributed by atoms with E-state index in [1.807, 2.05) is 20.8 Å². The Hall–Kier alpha value is -1.06. The normalized spacial score (nSPS) is 44.6. The first kappa shape index (κ1) is 36.3. The van der Waals surface area contributed by atoms with Gasteiger partial charge in [0, 0.05) is 33.4 Å². The topological polar surface area (TPSA) is 80.6 Å². The van der Waals surface area contributed by atoms with E-state index in [2.05, 4.69) is 56.0 Å². The fourth-order valence-corrected chi connectivity index (χ4v) is 13.6. The average Bonchev–Trinajstić information content (AvgIpc) is 3.65. The third-order valence-corrected chi connectivity index (χ3v) is 15.6. The van der Waals surface area contributed by atoms with E-state index in [9.17, 15) is 5.11 Å². The number of benzene rings is 1. The molecule has 5 saturated carbocycles. The van der Waals surface area contributed by atoms with E-state index < -0.39 is 5.60 Å². The van der Waals surface area contributed by atoms with Crippen LogP contribution in [0.25, 0.3) is 0 Å². The Morgan fingerprint density at radius 3 is 2.43 bits per heavy atom. The summed E-state index contributed by atoms with van der Waals surface area (Å²) in [6.07, 6.45) is 13.1. The summed E-state index contributed by atoms with van der Waals surface area (Å²) in [7, 11) is 1.00. The lowest BCUT2D eigenvalue weighted by Gasteiger charge is -2.60. The van der Waals surface area contributed by atoms with E-state index in [1.54, 1.807) is 0 Å². The van der Waals surface area contributed by atoms with Gasteiger partial charge in [-0.15, -0.1) is 0 Å². The first-order chi connectivity index (χ1) is 23.4. The van der Waals surface area contributed by atoms with Crippen LogP contribution in [0.1, 0.15) is 111 Å². The van der Waals surface area contributed by atoms with Gasteiger partial charge in [0.2, 0.25) is 0 Å². The Morgan fingerprint density at radius 2 is 1.69 bits per heavy atom. The number of hydrogen-bond donors (Lipinski definition) is 2. The third kappa shape index (κ3) is 5.98. The lowest BCUT2D eigenvalue weighted by atomic mass is 9.46. The molecule has 12 atom stereocenters. The largest absolute Gasteiger partial charge is 0.400 e. The smallest absolute Gasteiger partial charge is 0.170 e. The van der Waals surface area contributed by atoms with Crippen LogP contribution < -0.4 is 0 Å². The summed E-state index contributed by atoms with van der Waals surface area (Å²) in [6, 6.07) is 10.8. The van der Waals surface area contributed by atoms with E-state index in [1.165, 1.54) is 63.4 Å². The van der Waals surface area contributed by atoms with Crippen molar-refractivity contribution in [3.63, 3.8) is 0 Å². The van der Waals surface area contributed by atoms with Crippen molar-refractivity contribution in [3.05, 3.63) is 35.9 Å². The fraction of sp³-hybridized carbons (Fsp3) is 0.857. The Kier molecular flexibility index (Phi) is 9.94. The molecule has 2 saturated heterocycles. The molecule has 0 radical (unpaired) electrons. The molecule has 2 heterocycles. The first-order valence-electron chi connectivity index (χ1n) is 19.9. The molecule has 1 aromatic carbocycles. The Bertz CT molecular complexity index is 1280. The monoisotopic (exact) mass is 681 g/mol. The number of aliphatic hydroxyl groups is 2. The SMILES string of the molecule is CCO[C@@H](C1CC[C@H]2C(CC3C4CCC5C(C)(C)[C@@H](OC6CN(Cc7ccccc7)CCO6)CCC56C[C@@]46CCC32C)O1)C(C)(C)O.CO. The van der Waals surface area contributed by atoms with Crippen molar-refractivity contribution in [2.75, 3.05) is 33.4 Å². The number of aliphatic hydroxyl groups excluding tert-OH is 1. The summed E-state index contributed by atoms with van der Waals surface area (Å²) < 4.78 is 26.3. The number of nitrogens with zero attached hydrogens (tertiary/aromatic N) is 1. The summed E-state index contributed by atoms with van der Waals surface area (Å²) in [5, 5.41) is 18.0. The minimum Gasteiger partial charge on any atom is -0.400 e. The van der Waals surface area contributed by atoms with Crippen LogP contribution in [0.5, 0.6) is 0 Å². The molecule has 2 N–H and O–H groups in total. The summed E-state index contributed by atoms with van der Waals surface area (Å²) in [5.74, 6) is 2.99. The molecule has 0 bridgehead atoms. The molecule has 1 aromatic rings. The minimum atomic E-state index is -0.897. The van der Waals surface area contributed by atoms with Gasteiger partial charge in [0.25, 0.3) is 0 Å². The van der Waals surface area contributed by atoms with Crippen molar-refractivity contribution in [1.82, 2.24) is 4.90 Å². The molecular weight excluding hydrogens is 614 g/mol. The van der Waals surface area contributed by atoms with Crippen LogP contribution >= 0.6 is 0 Å². The van der Waals surface area contributed by atoms with E-state index in [4.69, 9.17) is 24.1 Å². The number of ether oxygens (including phenoxy) is 4. The summed E-state index contributed by atoms with van der Waals surface area (Å²) in [5.41, 5.74) is 2.05.